The molecule has 0 spiro atoms. The highest BCUT2D eigenvalue weighted by Gasteiger charge is 2.28. The number of nitrogens with zero attached hydrogens (tertiary/aromatic N) is 1. The lowest BCUT2D eigenvalue weighted by molar-refractivity contribution is -0.126. The van der Waals surface area contributed by atoms with Gasteiger partial charge in [0.05, 0.1) is 6.04 Å². The molecule has 0 saturated heterocycles. The molecule has 0 aromatic rings. The van der Waals surface area contributed by atoms with E-state index in [9.17, 15) is 4.79 Å². The molecule has 0 heterocycles. The number of amides is 1. The summed E-state index contributed by atoms with van der Waals surface area (Å²) in [6.07, 6.45) is 6.04. The third-order valence-corrected chi connectivity index (χ3v) is 3.33. The summed E-state index contributed by atoms with van der Waals surface area (Å²) in [5.74, 6) is 0.155. The predicted molar refractivity (Wildman–Crippen MR) is 58.2 cm³/mol. The smallest absolute Gasteiger partial charge is 0.237 e. The van der Waals surface area contributed by atoms with Gasteiger partial charge in [-0.25, -0.2) is 0 Å². The maximum Gasteiger partial charge on any atom is 0.237 e. The Morgan fingerprint density at radius 3 is 2.50 bits per heavy atom. The highest BCUT2D eigenvalue weighted by molar-refractivity contribution is 5.81. The van der Waals surface area contributed by atoms with E-state index in [2.05, 4.69) is 24.2 Å². The van der Waals surface area contributed by atoms with Crippen LogP contribution in [0.1, 0.15) is 39.0 Å². The molecule has 0 aliphatic heterocycles. The standard InChI is InChI=1S/C11H22N2O/c1-4-10(11(14)12-2)13(3)9-7-5-6-8-9/h9-10H,4-8H2,1-3H3,(H,12,14)/t10-/m1/s1. The number of hydrogen-bond donors (Lipinski definition) is 1. The van der Waals surface area contributed by atoms with Gasteiger partial charge in [0.25, 0.3) is 0 Å². The first kappa shape index (κ1) is 11.5. The van der Waals surface area contributed by atoms with E-state index in [-0.39, 0.29) is 11.9 Å². The van der Waals surface area contributed by atoms with Gasteiger partial charge in [0.2, 0.25) is 5.91 Å². The Balaban J connectivity index is 2.54. The maximum absolute atomic E-state index is 11.6. The number of likely N-dealkylation sites (N-methyl/N-ethyl adjacent to an activating group) is 2. The lowest BCUT2D eigenvalue weighted by Gasteiger charge is -2.31. The van der Waals surface area contributed by atoms with Crippen molar-refractivity contribution < 1.29 is 4.79 Å². The van der Waals surface area contributed by atoms with Crippen LogP contribution < -0.4 is 5.32 Å². The van der Waals surface area contributed by atoms with Gasteiger partial charge in [-0.1, -0.05) is 19.8 Å². The van der Waals surface area contributed by atoms with Gasteiger partial charge in [0, 0.05) is 13.1 Å². The Labute approximate surface area is 86.9 Å². The topological polar surface area (TPSA) is 32.3 Å². The van der Waals surface area contributed by atoms with Crippen molar-refractivity contribution in [2.24, 2.45) is 0 Å². The third kappa shape index (κ3) is 2.47. The third-order valence-electron chi connectivity index (χ3n) is 3.33. The molecule has 3 nitrogen and oxygen atoms in total. The number of nitrogens with one attached hydrogen (secondary N) is 1. The molecule has 1 fully saturated rings. The molecule has 0 unspecified atom stereocenters. The van der Waals surface area contributed by atoms with Crippen LogP contribution in [0.5, 0.6) is 0 Å². The molecule has 1 N–H and O–H groups in total. The van der Waals surface area contributed by atoms with Crippen molar-refractivity contribution in [2.75, 3.05) is 14.1 Å². The Kier molecular flexibility index (Phi) is 4.39. The second-order valence-electron chi connectivity index (χ2n) is 4.14. The summed E-state index contributed by atoms with van der Waals surface area (Å²) in [6, 6.07) is 0.681. The Morgan fingerprint density at radius 1 is 1.50 bits per heavy atom. The largest absolute Gasteiger partial charge is 0.358 e. The molecule has 14 heavy (non-hydrogen) atoms. The van der Waals surface area contributed by atoms with Crippen LogP contribution in [0.15, 0.2) is 0 Å². The Bertz CT molecular complexity index is 188. The molecule has 1 atom stereocenters. The van der Waals surface area contributed by atoms with Crippen molar-refractivity contribution in [3.8, 4) is 0 Å². The van der Waals surface area contributed by atoms with Gasteiger partial charge in [-0.2, -0.15) is 0 Å². The SMILES string of the molecule is CC[C@H](C(=O)NC)N(C)C1CCCC1. The van der Waals surface area contributed by atoms with Gasteiger partial charge < -0.3 is 5.32 Å². The van der Waals surface area contributed by atoms with Gasteiger partial charge in [-0.05, 0) is 26.3 Å². The fourth-order valence-corrected chi connectivity index (χ4v) is 2.39. The summed E-state index contributed by atoms with van der Waals surface area (Å²) in [5, 5.41) is 2.74. The van der Waals surface area contributed by atoms with Gasteiger partial charge in [0.1, 0.15) is 0 Å². The molecule has 0 aromatic heterocycles. The minimum absolute atomic E-state index is 0.0584. The molecule has 1 aliphatic carbocycles. The molecule has 0 aromatic carbocycles. The molecule has 0 bridgehead atoms. The van der Waals surface area contributed by atoms with Gasteiger partial charge in [-0.3, -0.25) is 9.69 Å². The number of carbonyl (C=O) groups excluding carboxylic acids is 1. The van der Waals surface area contributed by atoms with Crippen LogP contribution in [0, 0.1) is 0 Å². The van der Waals surface area contributed by atoms with E-state index in [1.165, 1.54) is 25.7 Å². The lowest BCUT2D eigenvalue weighted by atomic mass is 10.1. The Morgan fingerprint density at radius 2 is 2.07 bits per heavy atom. The first-order chi connectivity index (χ1) is 6.70. The van der Waals surface area contributed by atoms with E-state index >= 15 is 0 Å². The monoisotopic (exact) mass is 198 g/mol. The number of hydrogen-bond acceptors (Lipinski definition) is 2. The second-order valence-corrected chi connectivity index (χ2v) is 4.14. The van der Waals surface area contributed by atoms with E-state index in [4.69, 9.17) is 0 Å². The van der Waals surface area contributed by atoms with Crippen molar-refractivity contribution >= 4 is 5.91 Å². The molecule has 1 amide bonds. The molecule has 1 aliphatic rings. The molecular formula is C11H22N2O. The van der Waals surface area contributed by atoms with E-state index in [0.29, 0.717) is 6.04 Å². The quantitative estimate of drug-likeness (QED) is 0.740. The first-order valence-electron chi connectivity index (χ1n) is 5.64. The number of rotatable bonds is 4. The van der Waals surface area contributed by atoms with E-state index in [1.54, 1.807) is 7.05 Å². The summed E-state index contributed by atoms with van der Waals surface area (Å²) >= 11 is 0. The summed E-state index contributed by atoms with van der Waals surface area (Å²) in [5.41, 5.74) is 0. The second kappa shape index (κ2) is 5.35. The van der Waals surface area contributed by atoms with Crippen molar-refractivity contribution in [3.05, 3.63) is 0 Å². The summed E-state index contributed by atoms with van der Waals surface area (Å²) in [7, 11) is 3.80. The molecule has 0 radical (unpaired) electrons. The molecule has 82 valence electrons. The molecule has 1 rings (SSSR count). The average Bonchev–Trinajstić information content (AvgIpc) is 2.71. The highest BCUT2D eigenvalue weighted by Crippen LogP contribution is 2.24. The van der Waals surface area contributed by atoms with Crippen LogP contribution in [-0.4, -0.2) is 37.0 Å². The fraction of sp³-hybridized carbons (Fsp3) is 0.909. The zero-order valence-corrected chi connectivity index (χ0v) is 9.55. The molecule has 1 saturated carbocycles. The van der Waals surface area contributed by atoms with E-state index < -0.39 is 0 Å². The van der Waals surface area contributed by atoms with E-state index in [0.717, 1.165) is 6.42 Å². The van der Waals surface area contributed by atoms with Crippen molar-refractivity contribution in [1.29, 1.82) is 0 Å². The highest BCUT2D eigenvalue weighted by atomic mass is 16.2. The Hall–Kier alpha value is -0.570. The van der Waals surface area contributed by atoms with Crippen LogP contribution >= 0.6 is 0 Å². The van der Waals surface area contributed by atoms with Crippen molar-refractivity contribution in [1.82, 2.24) is 10.2 Å². The van der Waals surface area contributed by atoms with Crippen molar-refractivity contribution in [2.45, 2.75) is 51.1 Å². The van der Waals surface area contributed by atoms with Crippen LogP contribution in [0.25, 0.3) is 0 Å². The van der Waals surface area contributed by atoms with Crippen LogP contribution in [0.3, 0.4) is 0 Å². The van der Waals surface area contributed by atoms with Gasteiger partial charge in [-0.15, -0.1) is 0 Å². The zero-order valence-electron chi connectivity index (χ0n) is 9.55. The summed E-state index contributed by atoms with van der Waals surface area (Å²) in [4.78, 5) is 13.8. The molecule has 3 heteroatoms. The molecular weight excluding hydrogens is 176 g/mol. The maximum atomic E-state index is 11.6. The minimum Gasteiger partial charge on any atom is -0.358 e. The van der Waals surface area contributed by atoms with Crippen LogP contribution in [0.2, 0.25) is 0 Å². The first-order valence-corrected chi connectivity index (χ1v) is 5.64. The average molecular weight is 198 g/mol. The van der Waals surface area contributed by atoms with Crippen molar-refractivity contribution in [3.63, 3.8) is 0 Å². The van der Waals surface area contributed by atoms with E-state index in [1.807, 2.05) is 0 Å². The minimum atomic E-state index is 0.0584. The van der Waals surface area contributed by atoms with Gasteiger partial charge in [0.15, 0.2) is 0 Å². The summed E-state index contributed by atoms with van der Waals surface area (Å²) < 4.78 is 0. The lowest BCUT2D eigenvalue weighted by Crippen LogP contribution is -2.47. The number of carbonyl (C=O) groups is 1. The predicted octanol–water partition coefficient (Wildman–Crippen LogP) is 1.39. The zero-order chi connectivity index (χ0) is 10.6. The summed E-state index contributed by atoms with van der Waals surface area (Å²) in [6.45, 7) is 2.07. The van der Waals surface area contributed by atoms with Gasteiger partial charge >= 0.3 is 0 Å². The van der Waals surface area contributed by atoms with Crippen LogP contribution in [0.4, 0.5) is 0 Å². The van der Waals surface area contributed by atoms with Crippen LogP contribution in [-0.2, 0) is 4.79 Å². The fourth-order valence-electron chi connectivity index (χ4n) is 2.39. The normalized spacial score (nSPS) is 20.0.